The van der Waals surface area contributed by atoms with Crippen molar-refractivity contribution in [1.82, 2.24) is 10.6 Å². The zero-order chi connectivity index (χ0) is 14.3. The topological polar surface area (TPSA) is 41.1 Å². The summed E-state index contributed by atoms with van der Waals surface area (Å²) in [5, 5.41) is 6.63. The standard InChI is InChI=1S/C18H24N2O/c21-17(20-14-5-6-14)11-13-12-18(7-9-19-10-8-18)16-4-2-1-3-15(13)16/h1-4,13-14,19H,5-12H2,(H,20,21)/t13-/m0/s1. The van der Waals surface area contributed by atoms with Gasteiger partial charge in [-0.2, -0.15) is 0 Å². The Kier molecular flexibility index (Phi) is 3.26. The van der Waals surface area contributed by atoms with E-state index in [1.165, 1.54) is 36.8 Å². The van der Waals surface area contributed by atoms with E-state index in [-0.39, 0.29) is 5.91 Å². The van der Waals surface area contributed by atoms with Crippen LogP contribution in [-0.4, -0.2) is 25.0 Å². The quantitative estimate of drug-likeness (QED) is 0.895. The van der Waals surface area contributed by atoms with Crippen LogP contribution >= 0.6 is 0 Å². The molecule has 1 atom stereocenters. The molecule has 1 saturated carbocycles. The zero-order valence-corrected chi connectivity index (χ0v) is 12.5. The minimum Gasteiger partial charge on any atom is -0.353 e. The molecule has 112 valence electrons. The predicted molar refractivity (Wildman–Crippen MR) is 83.4 cm³/mol. The van der Waals surface area contributed by atoms with E-state index in [0.29, 0.717) is 23.8 Å². The number of benzene rings is 1. The number of piperidine rings is 1. The van der Waals surface area contributed by atoms with Gasteiger partial charge in [-0.3, -0.25) is 4.79 Å². The third kappa shape index (κ3) is 2.48. The highest BCUT2D eigenvalue weighted by Crippen LogP contribution is 2.51. The van der Waals surface area contributed by atoms with Crippen LogP contribution in [0.1, 0.15) is 55.6 Å². The number of nitrogens with one attached hydrogen (secondary N) is 2. The Balaban J connectivity index is 1.56. The minimum atomic E-state index is 0.253. The number of hydrogen-bond acceptors (Lipinski definition) is 2. The van der Waals surface area contributed by atoms with Gasteiger partial charge in [-0.05, 0) is 67.7 Å². The molecule has 1 saturated heterocycles. The maximum absolute atomic E-state index is 12.2. The Morgan fingerprint density at radius 3 is 2.76 bits per heavy atom. The Hall–Kier alpha value is -1.35. The Labute approximate surface area is 126 Å². The number of amides is 1. The fraction of sp³-hybridized carbons (Fsp3) is 0.611. The average molecular weight is 284 g/mol. The summed E-state index contributed by atoms with van der Waals surface area (Å²) in [7, 11) is 0. The van der Waals surface area contributed by atoms with E-state index in [1.807, 2.05) is 0 Å². The van der Waals surface area contributed by atoms with E-state index in [1.54, 1.807) is 0 Å². The van der Waals surface area contributed by atoms with Crippen LogP contribution in [-0.2, 0) is 10.2 Å². The van der Waals surface area contributed by atoms with Crippen LogP contribution in [0.5, 0.6) is 0 Å². The molecule has 3 nitrogen and oxygen atoms in total. The summed E-state index contributed by atoms with van der Waals surface area (Å²) in [6, 6.07) is 9.32. The molecule has 1 aromatic rings. The Morgan fingerprint density at radius 2 is 2.00 bits per heavy atom. The van der Waals surface area contributed by atoms with E-state index < -0.39 is 0 Å². The van der Waals surface area contributed by atoms with Gasteiger partial charge in [-0.15, -0.1) is 0 Å². The highest BCUT2D eigenvalue weighted by molar-refractivity contribution is 5.78. The van der Waals surface area contributed by atoms with E-state index >= 15 is 0 Å². The van der Waals surface area contributed by atoms with Crippen molar-refractivity contribution in [2.45, 2.75) is 55.9 Å². The molecule has 0 bridgehead atoms. The first kappa shape index (κ1) is 13.3. The summed E-state index contributed by atoms with van der Waals surface area (Å²) in [6.07, 6.45) is 6.59. The molecule has 21 heavy (non-hydrogen) atoms. The minimum absolute atomic E-state index is 0.253. The molecule has 2 N–H and O–H groups in total. The number of fused-ring (bicyclic) bond motifs is 2. The molecule has 0 unspecified atom stereocenters. The second kappa shape index (κ2) is 5.13. The second-order valence-corrected chi connectivity index (χ2v) is 7.06. The lowest BCUT2D eigenvalue weighted by atomic mass is 9.73. The van der Waals surface area contributed by atoms with Gasteiger partial charge < -0.3 is 10.6 Å². The van der Waals surface area contributed by atoms with Crippen molar-refractivity contribution < 1.29 is 4.79 Å². The molecule has 3 heteroatoms. The van der Waals surface area contributed by atoms with Crippen LogP contribution in [0.25, 0.3) is 0 Å². The highest BCUT2D eigenvalue weighted by atomic mass is 16.1. The molecule has 1 amide bonds. The molecule has 1 aliphatic heterocycles. The lowest BCUT2D eigenvalue weighted by molar-refractivity contribution is -0.121. The van der Waals surface area contributed by atoms with Crippen LogP contribution in [0, 0.1) is 0 Å². The highest BCUT2D eigenvalue weighted by Gasteiger charge is 2.44. The number of carbonyl (C=O) groups is 1. The molecular formula is C18H24N2O. The summed E-state index contributed by atoms with van der Waals surface area (Å²) in [5.74, 6) is 0.668. The Bertz CT molecular complexity index is 544. The van der Waals surface area contributed by atoms with Crippen LogP contribution < -0.4 is 10.6 Å². The summed E-state index contributed by atoms with van der Waals surface area (Å²) < 4.78 is 0. The van der Waals surface area contributed by atoms with Gasteiger partial charge >= 0.3 is 0 Å². The second-order valence-electron chi connectivity index (χ2n) is 7.06. The third-order valence-corrected chi connectivity index (χ3v) is 5.54. The van der Waals surface area contributed by atoms with Crippen molar-refractivity contribution in [3.63, 3.8) is 0 Å². The van der Waals surface area contributed by atoms with Crippen molar-refractivity contribution >= 4 is 5.91 Å². The molecular weight excluding hydrogens is 260 g/mol. The molecule has 1 heterocycles. The molecule has 1 aromatic carbocycles. The molecule has 2 aliphatic carbocycles. The van der Waals surface area contributed by atoms with Crippen LogP contribution in [0.3, 0.4) is 0 Å². The van der Waals surface area contributed by atoms with Crippen molar-refractivity contribution in [2.24, 2.45) is 0 Å². The smallest absolute Gasteiger partial charge is 0.220 e. The fourth-order valence-electron chi connectivity index (χ4n) is 4.33. The van der Waals surface area contributed by atoms with Gasteiger partial charge in [0.05, 0.1) is 0 Å². The molecule has 3 aliphatic rings. The van der Waals surface area contributed by atoms with Crippen molar-refractivity contribution in [1.29, 1.82) is 0 Å². The SMILES string of the molecule is O=C(C[C@H]1CC2(CCNCC2)c2ccccc21)NC1CC1. The van der Waals surface area contributed by atoms with E-state index in [9.17, 15) is 4.79 Å². The van der Waals surface area contributed by atoms with Gasteiger partial charge in [0.1, 0.15) is 0 Å². The van der Waals surface area contributed by atoms with Gasteiger partial charge in [-0.25, -0.2) is 0 Å². The summed E-state index contributed by atoms with van der Waals surface area (Å²) in [4.78, 5) is 12.2. The van der Waals surface area contributed by atoms with Gasteiger partial charge in [0, 0.05) is 12.5 Å². The summed E-state index contributed by atoms with van der Waals surface area (Å²) in [6.45, 7) is 2.21. The van der Waals surface area contributed by atoms with E-state index in [4.69, 9.17) is 0 Å². The van der Waals surface area contributed by atoms with E-state index in [0.717, 1.165) is 19.5 Å². The maximum Gasteiger partial charge on any atom is 0.220 e. The summed E-state index contributed by atoms with van der Waals surface area (Å²) >= 11 is 0. The Morgan fingerprint density at radius 1 is 1.24 bits per heavy atom. The van der Waals surface area contributed by atoms with E-state index in [2.05, 4.69) is 34.9 Å². The molecule has 4 rings (SSSR count). The zero-order valence-electron chi connectivity index (χ0n) is 12.5. The fourth-order valence-corrected chi connectivity index (χ4v) is 4.33. The van der Waals surface area contributed by atoms with Gasteiger partial charge in [0.25, 0.3) is 0 Å². The summed E-state index contributed by atoms with van der Waals surface area (Å²) in [5.41, 5.74) is 3.29. The van der Waals surface area contributed by atoms with Crippen LogP contribution in [0.2, 0.25) is 0 Å². The number of hydrogen-bond donors (Lipinski definition) is 2. The van der Waals surface area contributed by atoms with Crippen molar-refractivity contribution in [3.05, 3.63) is 35.4 Å². The largest absolute Gasteiger partial charge is 0.353 e. The van der Waals surface area contributed by atoms with Crippen LogP contribution in [0.4, 0.5) is 0 Å². The van der Waals surface area contributed by atoms with Gasteiger partial charge in [-0.1, -0.05) is 24.3 Å². The molecule has 1 spiro atoms. The first-order valence-corrected chi connectivity index (χ1v) is 8.36. The molecule has 2 fully saturated rings. The first-order valence-electron chi connectivity index (χ1n) is 8.36. The number of carbonyl (C=O) groups excluding carboxylic acids is 1. The predicted octanol–water partition coefficient (Wildman–Crippen LogP) is 2.46. The lowest BCUT2D eigenvalue weighted by Gasteiger charge is -2.35. The average Bonchev–Trinajstić information content (AvgIpc) is 3.26. The maximum atomic E-state index is 12.2. The monoisotopic (exact) mass is 284 g/mol. The number of rotatable bonds is 3. The normalized spacial score (nSPS) is 26.6. The molecule has 0 aromatic heterocycles. The van der Waals surface area contributed by atoms with Gasteiger partial charge in [0.15, 0.2) is 0 Å². The first-order chi connectivity index (χ1) is 10.3. The molecule has 0 radical (unpaired) electrons. The van der Waals surface area contributed by atoms with Crippen molar-refractivity contribution in [2.75, 3.05) is 13.1 Å². The van der Waals surface area contributed by atoms with Crippen LogP contribution in [0.15, 0.2) is 24.3 Å². The third-order valence-electron chi connectivity index (χ3n) is 5.54. The van der Waals surface area contributed by atoms with Crippen molar-refractivity contribution in [3.8, 4) is 0 Å². The lowest BCUT2D eigenvalue weighted by Crippen LogP contribution is -2.38. The van der Waals surface area contributed by atoms with Gasteiger partial charge in [0.2, 0.25) is 5.91 Å².